The van der Waals surface area contributed by atoms with E-state index in [4.69, 9.17) is 0 Å². The van der Waals surface area contributed by atoms with Crippen molar-refractivity contribution in [3.05, 3.63) is 29.3 Å². The number of rotatable bonds is 3. The van der Waals surface area contributed by atoms with Crippen molar-refractivity contribution in [3.63, 3.8) is 0 Å². The zero-order chi connectivity index (χ0) is 14.0. The fourth-order valence-electron chi connectivity index (χ4n) is 2.35. The molecule has 0 aliphatic carbocycles. The fraction of sp³-hybridized carbons (Fsp3) is 0.571. The number of hydrogen-bond donors (Lipinski definition) is 2. The van der Waals surface area contributed by atoms with Crippen molar-refractivity contribution in [1.29, 1.82) is 0 Å². The van der Waals surface area contributed by atoms with E-state index in [0.717, 1.165) is 30.5 Å². The molecule has 106 valence electrons. The van der Waals surface area contributed by atoms with Crippen LogP contribution >= 0.6 is 0 Å². The lowest BCUT2D eigenvalue weighted by atomic mass is 10.0. The van der Waals surface area contributed by atoms with Gasteiger partial charge in [-0.15, -0.1) is 0 Å². The van der Waals surface area contributed by atoms with Gasteiger partial charge in [-0.25, -0.2) is 13.1 Å². The van der Waals surface area contributed by atoms with Gasteiger partial charge in [0.05, 0.1) is 4.90 Å². The van der Waals surface area contributed by atoms with Crippen LogP contribution in [0, 0.1) is 13.8 Å². The molecule has 4 nitrogen and oxygen atoms in total. The average Bonchev–Trinajstić information content (AvgIpc) is 2.35. The first-order valence-electron chi connectivity index (χ1n) is 6.73. The molecular weight excluding hydrogens is 260 g/mol. The van der Waals surface area contributed by atoms with Crippen molar-refractivity contribution in [2.24, 2.45) is 0 Å². The summed E-state index contributed by atoms with van der Waals surface area (Å²) in [5.74, 6) is 0. The van der Waals surface area contributed by atoms with Crippen LogP contribution in [0.15, 0.2) is 23.1 Å². The van der Waals surface area contributed by atoms with Crippen molar-refractivity contribution in [1.82, 2.24) is 10.0 Å². The molecular formula is C14H22N2O2S. The Balaban J connectivity index is 2.19. The molecule has 2 atom stereocenters. The maximum atomic E-state index is 12.4. The van der Waals surface area contributed by atoms with Gasteiger partial charge in [-0.2, -0.15) is 0 Å². The summed E-state index contributed by atoms with van der Waals surface area (Å²) in [6.07, 6.45) is 1.89. The lowest BCUT2D eigenvalue weighted by Crippen LogP contribution is -2.51. The molecule has 1 saturated heterocycles. The Kier molecular flexibility index (Phi) is 4.28. The third-order valence-corrected chi connectivity index (χ3v) is 5.34. The molecule has 0 saturated carbocycles. The van der Waals surface area contributed by atoms with Crippen LogP contribution in [-0.4, -0.2) is 27.0 Å². The molecule has 5 heteroatoms. The van der Waals surface area contributed by atoms with E-state index in [1.807, 2.05) is 26.8 Å². The summed E-state index contributed by atoms with van der Waals surface area (Å²) in [5.41, 5.74) is 2.10. The van der Waals surface area contributed by atoms with E-state index in [1.54, 1.807) is 12.1 Å². The lowest BCUT2D eigenvalue weighted by Gasteiger charge is -2.30. The van der Waals surface area contributed by atoms with Gasteiger partial charge in [0.15, 0.2) is 0 Å². The quantitative estimate of drug-likeness (QED) is 0.887. The largest absolute Gasteiger partial charge is 0.313 e. The predicted molar refractivity (Wildman–Crippen MR) is 76.7 cm³/mol. The van der Waals surface area contributed by atoms with E-state index in [1.165, 1.54) is 0 Å². The van der Waals surface area contributed by atoms with E-state index in [9.17, 15) is 8.42 Å². The summed E-state index contributed by atoms with van der Waals surface area (Å²) in [6, 6.07) is 5.41. The Morgan fingerprint density at radius 2 is 2.00 bits per heavy atom. The Bertz CT molecular complexity index is 555. The van der Waals surface area contributed by atoms with Crippen LogP contribution in [0.5, 0.6) is 0 Å². The molecule has 19 heavy (non-hydrogen) atoms. The summed E-state index contributed by atoms with van der Waals surface area (Å²) in [7, 11) is -3.42. The first-order chi connectivity index (χ1) is 8.90. The summed E-state index contributed by atoms with van der Waals surface area (Å²) < 4.78 is 27.6. The molecule has 1 fully saturated rings. The molecule has 2 N–H and O–H groups in total. The lowest BCUT2D eigenvalue weighted by molar-refractivity contribution is 0.349. The maximum Gasteiger partial charge on any atom is 0.240 e. The highest BCUT2D eigenvalue weighted by Gasteiger charge is 2.26. The second-order valence-electron chi connectivity index (χ2n) is 5.36. The minimum absolute atomic E-state index is 0.0274. The van der Waals surface area contributed by atoms with Gasteiger partial charge in [-0.05, 0) is 63.4 Å². The van der Waals surface area contributed by atoms with Crippen LogP contribution in [0.1, 0.15) is 30.9 Å². The SMILES string of the molecule is Cc1ccc(S(=O)(=O)N[C@@H]2CCCN[C@H]2C)cc1C. The Morgan fingerprint density at radius 1 is 1.26 bits per heavy atom. The summed E-state index contributed by atoms with van der Waals surface area (Å²) >= 11 is 0. The third kappa shape index (κ3) is 3.35. The van der Waals surface area contributed by atoms with Crippen molar-refractivity contribution in [2.75, 3.05) is 6.54 Å². The molecule has 0 bridgehead atoms. The van der Waals surface area contributed by atoms with Crippen LogP contribution < -0.4 is 10.0 Å². The summed E-state index contributed by atoms with van der Waals surface area (Å²) in [5, 5.41) is 3.30. The molecule has 1 aliphatic rings. The maximum absolute atomic E-state index is 12.4. The number of nitrogens with one attached hydrogen (secondary N) is 2. The number of sulfonamides is 1. The normalized spacial score (nSPS) is 24.4. The highest BCUT2D eigenvalue weighted by molar-refractivity contribution is 7.89. The van der Waals surface area contributed by atoms with Crippen LogP contribution in [0.3, 0.4) is 0 Å². The molecule has 0 amide bonds. The molecule has 1 aromatic carbocycles. The van der Waals surface area contributed by atoms with Gasteiger partial charge < -0.3 is 5.32 Å². The van der Waals surface area contributed by atoms with Crippen molar-refractivity contribution >= 4 is 10.0 Å². The molecule has 1 aromatic rings. The van der Waals surface area contributed by atoms with Gasteiger partial charge >= 0.3 is 0 Å². The van der Waals surface area contributed by atoms with Crippen LogP contribution in [-0.2, 0) is 10.0 Å². The highest BCUT2D eigenvalue weighted by atomic mass is 32.2. The zero-order valence-corrected chi connectivity index (χ0v) is 12.5. The Hall–Kier alpha value is -0.910. The van der Waals surface area contributed by atoms with Crippen molar-refractivity contribution in [2.45, 2.75) is 50.6 Å². The Labute approximate surface area is 115 Å². The van der Waals surface area contributed by atoms with Gasteiger partial charge in [0.1, 0.15) is 0 Å². The monoisotopic (exact) mass is 282 g/mol. The summed E-state index contributed by atoms with van der Waals surface area (Å²) in [4.78, 5) is 0.355. The third-order valence-electron chi connectivity index (χ3n) is 3.86. The van der Waals surface area contributed by atoms with Crippen molar-refractivity contribution in [3.8, 4) is 0 Å². The first kappa shape index (κ1) is 14.5. The average molecular weight is 282 g/mol. The molecule has 2 rings (SSSR count). The molecule has 0 spiro atoms. The predicted octanol–water partition coefficient (Wildman–Crippen LogP) is 1.72. The molecule has 0 aromatic heterocycles. The number of aryl methyl sites for hydroxylation is 2. The minimum Gasteiger partial charge on any atom is -0.313 e. The van der Waals surface area contributed by atoms with Gasteiger partial charge in [0.2, 0.25) is 10.0 Å². The highest BCUT2D eigenvalue weighted by Crippen LogP contribution is 2.17. The topological polar surface area (TPSA) is 58.2 Å². The van der Waals surface area contributed by atoms with Gasteiger partial charge in [0, 0.05) is 12.1 Å². The van der Waals surface area contributed by atoms with E-state index in [2.05, 4.69) is 10.0 Å². The second kappa shape index (κ2) is 5.61. The van der Waals surface area contributed by atoms with E-state index in [0.29, 0.717) is 4.90 Å². The second-order valence-corrected chi connectivity index (χ2v) is 7.07. The summed E-state index contributed by atoms with van der Waals surface area (Å²) in [6.45, 7) is 6.89. The molecule has 1 heterocycles. The van der Waals surface area contributed by atoms with E-state index in [-0.39, 0.29) is 12.1 Å². The zero-order valence-electron chi connectivity index (χ0n) is 11.7. The van der Waals surface area contributed by atoms with Gasteiger partial charge in [-0.3, -0.25) is 0 Å². The fourth-order valence-corrected chi connectivity index (χ4v) is 3.79. The smallest absolute Gasteiger partial charge is 0.240 e. The minimum atomic E-state index is -3.42. The van der Waals surface area contributed by atoms with E-state index >= 15 is 0 Å². The van der Waals surface area contributed by atoms with Crippen molar-refractivity contribution < 1.29 is 8.42 Å². The standard InChI is InChI=1S/C14H22N2O2S/c1-10-6-7-13(9-11(10)2)19(17,18)16-14-5-4-8-15-12(14)3/h6-7,9,12,14-16H,4-5,8H2,1-3H3/t12-,14+/m0/s1. The van der Waals surface area contributed by atoms with Gasteiger partial charge in [-0.1, -0.05) is 6.07 Å². The molecule has 1 aliphatic heterocycles. The van der Waals surface area contributed by atoms with Crippen LogP contribution in [0.25, 0.3) is 0 Å². The number of piperidine rings is 1. The van der Waals surface area contributed by atoms with E-state index < -0.39 is 10.0 Å². The van der Waals surface area contributed by atoms with Crippen LogP contribution in [0.2, 0.25) is 0 Å². The van der Waals surface area contributed by atoms with Crippen LogP contribution in [0.4, 0.5) is 0 Å². The number of hydrogen-bond acceptors (Lipinski definition) is 3. The molecule has 0 unspecified atom stereocenters. The first-order valence-corrected chi connectivity index (χ1v) is 8.21. The van der Waals surface area contributed by atoms with Gasteiger partial charge in [0.25, 0.3) is 0 Å². The molecule has 0 radical (unpaired) electrons. The number of benzene rings is 1. The Morgan fingerprint density at radius 3 is 2.63 bits per heavy atom.